The van der Waals surface area contributed by atoms with E-state index in [1.165, 1.54) is 75.9 Å². The molecule has 2 heterocycles. The molecule has 0 saturated heterocycles. The number of fused-ring (bicyclic) bond motifs is 9. The third-order valence-electron chi connectivity index (χ3n) is 12.6. The van der Waals surface area contributed by atoms with Crippen molar-refractivity contribution >= 4 is 70.5 Å². The molecule has 0 amide bonds. The first-order valence-corrected chi connectivity index (χ1v) is 21.5. The molecule has 1 aliphatic carbocycles. The Morgan fingerprint density at radius 3 is 1.87 bits per heavy atom. The zero-order valence-corrected chi connectivity index (χ0v) is 34.1. The summed E-state index contributed by atoms with van der Waals surface area (Å²) >= 11 is 1.86. The Balaban J connectivity index is 0.998. The van der Waals surface area contributed by atoms with E-state index in [4.69, 9.17) is 4.42 Å². The Labute approximate surface area is 353 Å². The summed E-state index contributed by atoms with van der Waals surface area (Å²) in [5.74, 6) is 0. The zero-order valence-electron chi connectivity index (χ0n) is 33.3. The number of furan rings is 1. The van der Waals surface area contributed by atoms with E-state index in [1.807, 2.05) is 23.5 Å². The topological polar surface area (TPSA) is 16.4 Å². The van der Waals surface area contributed by atoms with Gasteiger partial charge in [0.25, 0.3) is 0 Å². The van der Waals surface area contributed by atoms with Crippen LogP contribution in [0.3, 0.4) is 0 Å². The number of para-hydroxylation sites is 1. The van der Waals surface area contributed by atoms with Gasteiger partial charge in [-0.05, 0) is 128 Å². The Kier molecular flexibility index (Phi) is 7.79. The highest BCUT2D eigenvalue weighted by molar-refractivity contribution is 7.25. The van der Waals surface area contributed by atoms with Gasteiger partial charge in [0.2, 0.25) is 0 Å². The van der Waals surface area contributed by atoms with Gasteiger partial charge in [-0.3, -0.25) is 0 Å². The van der Waals surface area contributed by atoms with Crippen LogP contribution in [0.2, 0.25) is 0 Å². The van der Waals surface area contributed by atoms with Crippen molar-refractivity contribution in [3.05, 3.63) is 211 Å². The molecule has 0 saturated carbocycles. The van der Waals surface area contributed by atoms with Crippen LogP contribution in [0, 0.1) is 0 Å². The van der Waals surface area contributed by atoms with Crippen LogP contribution in [-0.4, -0.2) is 0 Å². The van der Waals surface area contributed by atoms with Crippen LogP contribution in [0.4, 0.5) is 17.1 Å². The van der Waals surface area contributed by atoms with Gasteiger partial charge in [0.1, 0.15) is 11.2 Å². The Bertz CT molecular complexity index is 3480. The molecule has 0 spiro atoms. The first-order valence-electron chi connectivity index (χ1n) is 20.7. The largest absolute Gasteiger partial charge is 0.456 e. The maximum atomic E-state index is 6.26. The van der Waals surface area contributed by atoms with Crippen molar-refractivity contribution in [2.45, 2.75) is 19.3 Å². The van der Waals surface area contributed by atoms with E-state index in [9.17, 15) is 0 Å². The van der Waals surface area contributed by atoms with Crippen LogP contribution in [0.1, 0.15) is 25.0 Å². The lowest BCUT2D eigenvalue weighted by atomic mass is 9.81. The predicted octanol–water partition coefficient (Wildman–Crippen LogP) is 16.7. The minimum absolute atomic E-state index is 0.182. The summed E-state index contributed by atoms with van der Waals surface area (Å²) in [5, 5.41) is 4.83. The van der Waals surface area contributed by atoms with Crippen molar-refractivity contribution in [1.29, 1.82) is 0 Å². The molecule has 284 valence electrons. The van der Waals surface area contributed by atoms with Crippen molar-refractivity contribution in [3.63, 3.8) is 0 Å². The van der Waals surface area contributed by atoms with E-state index in [0.29, 0.717) is 0 Å². The molecule has 11 aromatic rings. The van der Waals surface area contributed by atoms with E-state index in [2.05, 4.69) is 207 Å². The van der Waals surface area contributed by atoms with Crippen LogP contribution in [0.25, 0.3) is 86.6 Å². The Morgan fingerprint density at radius 2 is 1.00 bits per heavy atom. The average Bonchev–Trinajstić information content (AvgIpc) is 3.94. The molecule has 9 aromatic carbocycles. The molecular formula is C57H39NOS. The van der Waals surface area contributed by atoms with E-state index >= 15 is 0 Å². The van der Waals surface area contributed by atoms with E-state index in [-0.39, 0.29) is 5.41 Å². The quantitative estimate of drug-likeness (QED) is 0.167. The monoisotopic (exact) mass is 785 g/mol. The third-order valence-corrected chi connectivity index (χ3v) is 13.8. The molecule has 60 heavy (non-hydrogen) atoms. The van der Waals surface area contributed by atoms with E-state index < -0.39 is 0 Å². The minimum atomic E-state index is -0.182. The van der Waals surface area contributed by atoms with E-state index in [1.54, 1.807) is 0 Å². The number of rotatable bonds is 6. The zero-order chi connectivity index (χ0) is 40.0. The summed E-state index contributed by atoms with van der Waals surface area (Å²) < 4.78 is 8.83. The maximum absolute atomic E-state index is 6.26. The van der Waals surface area contributed by atoms with Gasteiger partial charge in [0, 0.05) is 47.7 Å². The van der Waals surface area contributed by atoms with Crippen LogP contribution >= 0.6 is 11.3 Å². The van der Waals surface area contributed by atoms with Crippen molar-refractivity contribution in [2.24, 2.45) is 0 Å². The molecule has 12 rings (SSSR count). The van der Waals surface area contributed by atoms with Gasteiger partial charge in [-0.2, -0.15) is 0 Å². The van der Waals surface area contributed by atoms with Gasteiger partial charge in [0.05, 0.1) is 5.69 Å². The number of thiophene rings is 1. The molecule has 0 atom stereocenters. The lowest BCUT2D eigenvalue weighted by Crippen LogP contribution is -2.20. The smallest absolute Gasteiger partial charge is 0.136 e. The standard InChI is InChI=1S/C57H39NOS/c1-57(2)50-22-8-6-19-44(50)47-21-12-23-51(56(47)57)58(42-18-11-17-39(32-42)36-13-4-3-5-14-36)43-27-30-55-49(35-43)48-33-40(26-29-54(48)60-55)37-15-10-16-38(31-37)41-25-28-46-45-20-7-9-24-52(45)59-53(46)34-41/h3-35H,1-2H3. The van der Waals surface area contributed by atoms with Gasteiger partial charge in [-0.1, -0.05) is 141 Å². The number of hydrogen-bond donors (Lipinski definition) is 0. The summed E-state index contributed by atoms with van der Waals surface area (Å²) in [5.41, 5.74) is 17.6. The summed E-state index contributed by atoms with van der Waals surface area (Å²) in [4.78, 5) is 2.49. The summed E-state index contributed by atoms with van der Waals surface area (Å²) in [6, 6.07) is 73.2. The fourth-order valence-corrected chi connectivity index (χ4v) is 10.8. The predicted molar refractivity (Wildman–Crippen MR) is 255 cm³/mol. The molecule has 3 heteroatoms. The SMILES string of the molecule is CC1(C)c2ccccc2-c2cccc(N(c3cccc(-c4ccccc4)c3)c3ccc4sc5ccc(-c6cccc(-c7ccc8c(c7)oc7ccccc78)c6)cc5c4c3)c21. The number of anilines is 3. The average molecular weight is 786 g/mol. The Morgan fingerprint density at radius 1 is 0.400 bits per heavy atom. The first kappa shape index (κ1) is 34.8. The second-order valence-electron chi connectivity index (χ2n) is 16.5. The van der Waals surface area contributed by atoms with Crippen molar-refractivity contribution in [3.8, 4) is 44.5 Å². The minimum Gasteiger partial charge on any atom is -0.456 e. The molecule has 0 fully saturated rings. The summed E-state index contributed by atoms with van der Waals surface area (Å²) in [7, 11) is 0. The molecule has 1 aliphatic rings. The van der Waals surface area contributed by atoms with Crippen LogP contribution in [0.15, 0.2) is 205 Å². The van der Waals surface area contributed by atoms with Gasteiger partial charge in [0.15, 0.2) is 0 Å². The summed E-state index contributed by atoms with van der Waals surface area (Å²) in [6.07, 6.45) is 0. The second kappa shape index (κ2) is 13.4. The molecular weight excluding hydrogens is 747 g/mol. The number of nitrogens with zero attached hydrogens (tertiary/aromatic N) is 1. The highest BCUT2D eigenvalue weighted by Crippen LogP contribution is 2.54. The number of benzene rings is 9. The molecule has 2 aromatic heterocycles. The molecule has 0 unspecified atom stereocenters. The van der Waals surface area contributed by atoms with Gasteiger partial charge in [-0.15, -0.1) is 11.3 Å². The fraction of sp³-hybridized carbons (Fsp3) is 0.0526. The summed E-state index contributed by atoms with van der Waals surface area (Å²) in [6.45, 7) is 4.76. The third kappa shape index (κ3) is 5.47. The molecule has 0 bridgehead atoms. The second-order valence-corrected chi connectivity index (χ2v) is 17.6. The first-order chi connectivity index (χ1) is 29.5. The van der Waals surface area contributed by atoms with Crippen molar-refractivity contribution in [1.82, 2.24) is 0 Å². The van der Waals surface area contributed by atoms with Gasteiger partial charge >= 0.3 is 0 Å². The lowest BCUT2D eigenvalue weighted by Gasteiger charge is -2.32. The van der Waals surface area contributed by atoms with E-state index in [0.717, 1.165) is 38.9 Å². The van der Waals surface area contributed by atoms with Gasteiger partial charge < -0.3 is 9.32 Å². The van der Waals surface area contributed by atoms with Crippen LogP contribution < -0.4 is 4.90 Å². The van der Waals surface area contributed by atoms with Crippen LogP contribution in [-0.2, 0) is 5.41 Å². The lowest BCUT2D eigenvalue weighted by molar-refractivity contribution is 0.661. The van der Waals surface area contributed by atoms with Gasteiger partial charge in [-0.25, -0.2) is 0 Å². The normalized spacial score (nSPS) is 13.0. The number of hydrogen-bond acceptors (Lipinski definition) is 3. The molecule has 0 aliphatic heterocycles. The molecule has 2 nitrogen and oxygen atoms in total. The van der Waals surface area contributed by atoms with Crippen molar-refractivity contribution < 1.29 is 4.42 Å². The maximum Gasteiger partial charge on any atom is 0.136 e. The molecule has 0 radical (unpaired) electrons. The van der Waals surface area contributed by atoms with Crippen LogP contribution in [0.5, 0.6) is 0 Å². The Hall–Kier alpha value is -7.20. The fourth-order valence-electron chi connectivity index (χ4n) is 9.76. The molecule has 0 N–H and O–H groups in total. The highest BCUT2D eigenvalue weighted by atomic mass is 32.1. The van der Waals surface area contributed by atoms with Crippen molar-refractivity contribution in [2.75, 3.05) is 4.90 Å². The highest BCUT2D eigenvalue weighted by Gasteiger charge is 2.38.